The summed E-state index contributed by atoms with van der Waals surface area (Å²) in [7, 11) is -2.84. The van der Waals surface area contributed by atoms with Crippen molar-refractivity contribution in [3.05, 3.63) is 0 Å². The molecular weight excluding hydrogens is 252 g/mol. The maximum atomic E-state index is 10.9. The van der Waals surface area contributed by atoms with Crippen LogP contribution < -0.4 is 5.32 Å². The summed E-state index contributed by atoms with van der Waals surface area (Å²) >= 11 is 0. The van der Waals surface area contributed by atoms with Crippen molar-refractivity contribution < 1.29 is 13.2 Å². The number of nitrogens with zero attached hydrogens (tertiary/aromatic N) is 1. The van der Waals surface area contributed by atoms with Gasteiger partial charge in [0.2, 0.25) is 0 Å². The van der Waals surface area contributed by atoms with Gasteiger partial charge < -0.3 is 15.0 Å². The molecule has 1 rings (SSSR count). The highest BCUT2D eigenvalue weighted by Gasteiger charge is 2.18. The lowest BCUT2D eigenvalue weighted by Gasteiger charge is -2.31. The Morgan fingerprint density at radius 1 is 1.28 bits per heavy atom. The molecule has 0 saturated carbocycles. The molecule has 1 aliphatic rings. The van der Waals surface area contributed by atoms with Gasteiger partial charge in [0.1, 0.15) is 9.84 Å². The molecule has 1 N–H and O–H groups in total. The summed E-state index contributed by atoms with van der Waals surface area (Å²) in [6, 6.07) is 0. The van der Waals surface area contributed by atoms with E-state index in [-0.39, 0.29) is 5.75 Å². The second-order valence-corrected chi connectivity index (χ2v) is 7.14. The van der Waals surface area contributed by atoms with Crippen LogP contribution in [0.15, 0.2) is 0 Å². The Morgan fingerprint density at radius 3 is 2.50 bits per heavy atom. The van der Waals surface area contributed by atoms with Gasteiger partial charge >= 0.3 is 0 Å². The van der Waals surface area contributed by atoms with Crippen molar-refractivity contribution in [1.29, 1.82) is 0 Å². The molecule has 0 spiro atoms. The summed E-state index contributed by atoms with van der Waals surface area (Å²) in [5, 5.41) is 3.17. The first-order chi connectivity index (χ1) is 8.51. The monoisotopic (exact) mass is 278 g/mol. The van der Waals surface area contributed by atoms with Crippen LogP contribution in [-0.2, 0) is 14.6 Å². The van der Waals surface area contributed by atoms with E-state index < -0.39 is 9.84 Å². The van der Waals surface area contributed by atoms with E-state index in [0.717, 1.165) is 45.6 Å². The Labute approximate surface area is 111 Å². The molecule has 0 amide bonds. The van der Waals surface area contributed by atoms with Crippen LogP contribution in [0.3, 0.4) is 0 Å². The van der Waals surface area contributed by atoms with Crippen LogP contribution in [0.5, 0.6) is 0 Å². The number of hydrogen-bond acceptors (Lipinski definition) is 5. The maximum Gasteiger partial charge on any atom is 0.148 e. The van der Waals surface area contributed by atoms with Crippen molar-refractivity contribution in [2.75, 3.05) is 51.3 Å². The van der Waals surface area contributed by atoms with E-state index in [0.29, 0.717) is 12.6 Å². The van der Waals surface area contributed by atoms with Crippen LogP contribution in [0, 0.1) is 0 Å². The van der Waals surface area contributed by atoms with Crippen molar-refractivity contribution in [3.63, 3.8) is 0 Å². The molecule has 1 saturated heterocycles. The predicted octanol–water partition coefficient (Wildman–Crippen LogP) is 0.122. The molecule has 0 aromatic heterocycles. The molecule has 0 unspecified atom stereocenters. The van der Waals surface area contributed by atoms with Gasteiger partial charge in [-0.1, -0.05) is 0 Å². The van der Waals surface area contributed by atoms with Gasteiger partial charge in [0.25, 0.3) is 0 Å². The molecule has 6 heteroatoms. The largest absolute Gasteiger partial charge is 0.378 e. The van der Waals surface area contributed by atoms with E-state index in [9.17, 15) is 8.42 Å². The average molecular weight is 278 g/mol. The molecule has 18 heavy (non-hydrogen) atoms. The third kappa shape index (κ3) is 7.31. The van der Waals surface area contributed by atoms with Gasteiger partial charge in [0.05, 0.1) is 11.9 Å². The van der Waals surface area contributed by atoms with Crippen LogP contribution in [0.1, 0.15) is 19.8 Å². The van der Waals surface area contributed by atoms with Gasteiger partial charge in [-0.2, -0.15) is 0 Å². The van der Waals surface area contributed by atoms with Crippen molar-refractivity contribution in [1.82, 2.24) is 10.2 Å². The van der Waals surface area contributed by atoms with E-state index in [4.69, 9.17) is 4.74 Å². The van der Waals surface area contributed by atoms with E-state index >= 15 is 0 Å². The number of hydrogen-bond donors (Lipinski definition) is 1. The van der Waals surface area contributed by atoms with Gasteiger partial charge in [-0.15, -0.1) is 0 Å². The fraction of sp³-hybridized carbons (Fsp3) is 1.00. The van der Waals surface area contributed by atoms with Crippen LogP contribution in [-0.4, -0.2) is 70.8 Å². The fourth-order valence-corrected chi connectivity index (χ4v) is 2.67. The zero-order chi connectivity index (χ0) is 13.4. The second-order valence-electron chi connectivity index (χ2n) is 4.88. The van der Waals surface area contributed by atoms with Crippen molar-refractivity contribution in [2.24, 2.45) is 0 Å². The van der Waals surface area contributed by atoms with Crippen LogP contribution in [0.25, 0.3) is 0 Å². The lowest BCUT2D eigenvalue weighted by Crippen LogP contribution is -2.41. The summed E-state index contributed by atoms with van der Waals surface area (Å²) in [5.74, 6) is 0.222. The Balaban J connectivity index is 2.01. The number of ether oxygens (including phenoxy) is 1. The quantitative estimate of drug-likeness (QED) is 0.639. The molecule has 0 aromatic rings. The molecule has 0 atom stereocenters. The Bertz CT molecular complexity index is 311. The molecular formula is C12H26N2O3S. The summed E-state index contributed by atoms with van der Waals surface area (Å²) in [6.07, 6.45) is 3.92. The Morgan fingerprint density at radius 2 is 1.94 bits per heavy atom. The predicted molar refractivity (Wildman–Crippen MR) is 73.7 cm³/mol. The maximum absolute atomic E-state index is 10.9. The van der Waals surface area contributed by atoms with Crippen molar-refractivity contribution in [2.45, 2.75) is 25.9 Å². The molecule has 5 nitrogen and oxygen atoms in total. The SMILES string of the molecule is CCOC1CCN(CCNCCS(C)(=O)=O)CC1. The third-order valence-corrected chi connectivity index (χ3v) is 4.14. The van der Waals surface area contributed by atoms with Gasteiger partial charge in [0.15, 0.2) is 0 Å². The van der Waals surface area contributed by atoms with E-state index in [1.54, 1.807) is 0 Å². The summed E-state index contributed by atoms with van der Waals surface area (Å²) in [4.78, 5) is 2.41. The smallest absolute Gasteiger partial charge is 0.148 e. The average Bonchev–Trinajstić information content (AvgIpc) is 2.30. The van der Waals surface area contributed by atoms with Crippen LogP contribution >= 0.6 is 0 Å². The third-order valence-electron chi connectivity index (χ3n) is 3.19. The Hall–Kier alpha value is -0.170. The lowest BCUT2D eigenvalue weighted by atomic mass is 10.1. The number of rotatable bonds is 8. The highest BCUT2D eigenvalue weighted by Crippen LogP contribution is 2.12. The van der Waals surface area contributed by atoms with Crippen LogP contribution in [0.4, 0.5) is 0 Å². The number of nitrogens with one attached hydrogen (secondary N) is 1. The minimum Gasteiger partial charge on any atom is -0.378 e. The highest BCUT2D eigenvalue weighted by molar-refractivity contribution is 7.90. The van der Waals surface area contributed by atoms with Crippen LogP contribution in [0.2, 0.25) is 0 Å². The van der Waals surface area contributed by atoms with Gasteiger partial charge in [-0.05, 0) is 19.8 Å². The minimum atomic E-state index is -2.84. The first-order valence-corrected chi connectivity index (χ1v) is 8.79. The molecule has 108 valence electrons. The normalized spacial score (nSPS) is 19.2. The summed E-state index contributed by atoms with van der Waals surface area (Å²) in [5.41, 5.74) is 0. The summed E-state index contributed by atoms with van der Waals surface area (Å²) < 4.78 is 27.5. The zero-order valence-electron chi connectivity index (χ0n) is 11.5. The van der Waals surface area contributed by atoms with Gasteiger partial charge in [-0.25, -0.2) is 8.42 Å². The molecule has 0 bridgehead atoms. The minimum absolute atomic E-state index is 0.222. The topological polar surface area (TPSA) is 58.6 Å². The highest BCUT2D eigenvalue weighted by atomic mass is 32.2. The standard InChI is InChI=1S/C12H26N2O3S/c1-3-17-12-4-8-14(9-5-12)10-6-13-7-11-18(2,15)16/h12-13H,3-11H2,1-2H3. The molecule has 1 fully saturated rings. The van der Waals surface area contributed by atoms with E-state index in [1.165, 1.54) is 6.26 Å². The Kier molecular flexibility index (Phi) is 7.14. The van der Waals surface area contributed by atoms with E-state index in [2.05, 4.69) is 10.2 Å². The molecule has 1 heterocycles. The van der Waals surface area contributed by atoms with Crippen molar-refractivity contribution in [3.8, 4) is 0 Å². The van der Waals surface area contributed by atoms with E-state index in [1.807, 2.05) is 6.92 Å². The zero-order valence-corrected chi connectivity index (χ0v) is 12.3. The van der Waals surface area contributed by atoms with Crippen molar-refractivity contribution >= 4 is 9.84 Å². The lowest BCUT2D eigenvalue weighted by molar-refractivity contribution is 0.0146. The summed E-state index contributed by atoms with van der Waals surface area (Å²) in [6.45, 7) is 7.40. The second kappa shape index (κ2) is 8.09. The number of piperidine rings is 1. The molecule has 0 radical (unpaired) electrons. The van der Waals surface area contributed by atoms with Gasteiger partial charge in [-0.3, -0.25) is 0 Å². The van der Waals surface area contributed by atoms with Gasteiger partial charge in [0, 0.05) is 45.6 Å². The first kappa shape index (κ1) is 15.9. The number of sulfone groups is 1. The fourth-order valence-electron chi connectivity index (χ4n) is 2.15. The molecule has 1 aliphatic heterocycles. The first-order valence-electron chi connectivity index (χ1n) is 6.73. The number of likely N-dealkylation sites (tertiary alicyclic amines) is 1. The molecule has 0 aromatic carbocycles. The molecule has 0 aliphatic carbocycles.